The first-order chi connectivity index (χ1) is 5.87. The molecule has 0 aromatic heterocycles. The molecule has 0 aromatic rings. The van der Waals surface area contributed by atoms with E-state index in [1.807, 2.05) is 13.8 Å². The van der Waals surface area contributed by atoms with Crippen molar-refractivity contribution in [3.63, 3.8) is 0 Å². The molecule has 0 atom stereocenters. The maximum atomic E-state index is 11.2. The summed E-state index contributed by atoms with van der Waals surface area (Å²) in [5.74, 6) is 0. The smallest absolute Gasteiger partial charge is 0.217 e. The zero-order valence-corrected chi connectivity index (χ0v) is 8.93. The van der Waals surface area contributed by atoms with Crippen LogP contribution in [-0.4, -0.2) is 25.9 Å². The van der Waals surface area contributed by atoms with Gasteiger partial charge in [0.1, 0.15) is 4.75 Å². The first-order valence-electron chi connectivity index (χ1n) is 4.51. The van der Waals surface area contributed by atoms with Gasteiger partial charge in [-0.3, -0.25) is 0 Å². The average Bonchev–Trinajstić information content (AvgIpc) is 1.80. The summed E-state index contributed by atoms with van der Waals surface area (Å²) in [6.07, 6.45) is 2.26. The Balaban J connectivity index is 2.61. The summed E-state index contributed by atoms with van der Waals surface area (Å²) in [6, 6.07) is 0. The van der Waals surface area contributed by atoms with Crippen LogP contribution in [0.5, 0.6) is 0 Å². The zero-order chi connectivity index (χ0) is 10.1. The van der Waals surface area contributed by atoms with Gasteiger partial charge in [-0.2, -0.15) is 0 Å². The second kappa shape index (κ2) is 3.55. The molecule has 1 rings (SSSR count). The van der Waals surface area contributed by atoms with Crippen LogP contribution in [-0.2, 0) is 14.8 Å². The summed E-state index contributed by atoms with van der Waals surface area (Å²) in [6.45, 7) is 4.01. The quantitative estimate of drug-likeness (QED) is 0.734. The molecule has 0 aliphatic heterocycles. The number of sulfonamides is 1. The molecule has 1 saturated carbocycles. The van der Waals surface area contributed by atoms with Crippen molar-refractivity contribution in [3.8, 4) is 0 Å². The van der Waals surface area contributed by atoms with Gasteiger partial charge >= 0.3 is 0 Å². The van der Waals surface area contributed by atoms with E-state index < -0.39 is 14.8 Å². The van der Waals surface area contributed by atoms with E-state index in [0.29, 0.717) is 12.8 Å². The molecule has 0 spiro atoms. The molecule has 0 bridgehead atoms. The van der Waals surface area contributed by atoms with Crippen LogP contribution in [0.4, 0.5) is 0 Å². The molecule has 1 aliphatic rings. The molecule has 4 nitrogen and oxygen atoms in total. The molecule has 1 fully saturated rings. The number of hydrogen-bond donors (Lipinski definition) is 1. The second-order valence-corrected chi connectivity index (χ2v) is 5.90. The maximum absolute atomic E-state index is 11.2. The molecule has 0 unspecified atom stereocenters. The third-order valence-corrected chi connectivity index (χ3v) is 4.28. The van der Waals surface area contributed by atoms with Crippen LogP contribution < -0.4 is 5.14 Å². The minimum atomic E-state index is -3.45. The Morgan fingerprint density at radius 1 is 1.46 bits per heavy atom. The van der Waals surface area contributed by atoms with Gasteiger partial charge in [0.25, 0.3) is 0 Å². The van der Waals surface area contributed by atoms with Crippen molar-refractivity contribution in [1.29, 1.82) is 0 Å². The van der Waals surface area contributed by atoms with Crippen LogP contribution in [0, 0.1) is 0 Å². The van der Waals surface area contributed by atoms with Crippen LogP contribution in [0.3, 0.4) is 0 Å². The SMILES string of the molecule is CC(C)OCC1(S(N)(=O)=O)CCC1. The largest absolute Gasteiger partial charge is 0.377 e. The summed E-state index contributed by atoms with van der Waals surface area (Å²) in [7, 11) is -3.45. The lowest BCUT2D eigenvalue weighted by molar-refractivity contribution is 0.0400. The van der Waals surface area contributed by atoms with E-state index in [0.717, 1.165) is 6.42 Å². The van der Waals surface area contributed by atoms with Crippen LogP contribution in [0.2, 0.25) is 0 Å². The topological polar surface area (TPSA) is 69.4 Å². The molecule has 0 heterocycles. The van der Waals surface area contributed by atoms with E-state index in [4.69, 9.17) is 9.88 Å². The molecule has 2 N–H and O–H groups in total. The van der Waals surface area contributed by atoms with E-state index in [2.05, 4.69) is 0 Å². The summed E-state index contributed by atoms with van der Waals surface area (Å²) < 4.78 is 27.0. The minimum absolute atomic E-state index is 0.0548. The number of hydrogen-bond acceptors (Lipinski definition) is 3. The highest BCUT2D eigenvalue weighted by atomic mass is 32.2. The molecule has 0 amide bonds. The van der Waals surface area contributed by atoms with Crippen LogP contribution in [0.25, 0.3) is 0 Å². The van der Waals surface area contributed by atoms with E-state index in [1.165, 1.54) is 0 Å². The minimum Gasteiger partial charge on any atom is -0.377 e. The molecule has 78 valence electrons. The van der Waals surface area contributed by atoms with Crippen molar-refractivity contribution in [2.75, 3.05) is 6.61 Å². The molecular formula is C8H17NO3S. The average molecular weight is 207 g/mol. The van der Waals surface area contributed by atoms with E-state index in [9.17, 15) is 8.42 Å². The molecule has 1 aliphatic carbocycles. The van der Waals surface area contributed by atoms with Gasteiger partial charge in [-0.1, -0.05) is 6.42 Å². The fraction of sp³-hybridized carbons (Fsp3) is 1.00. The molecule has 0 saturated heterocycles. The van der Waals surface area contributed by atoms with Crippen LogP contribution >= 0.6 is 0 Å². The lowest BCUT2D eigenvalue weighted by Crippen LogP contribution is -2.52. The summed E-state index contributed by atoms with van der Waals surface area (Å²) >= 11 is 0. The van der Waals surface area contributed by atoms with Crippen molar-refractivity contribution in [2.24, 2.45) is 5.14 Å². The van der Waals surface area contributed by atoms with Crippen LogP contribution in [0.15, 0.2) is 0 Å². The van der Waals surface area contributed by atoms with Gasteiger partial charge in [0.2, 0.25) is 10.0 Å². The fourth-order valence-electron chi connectivity index (χ4n) is 1.40. The van der Waals surface area contributed by atoms with Gasteiger partial charge in [-0.05, 0) is 26.7 Å². The number of ether oxygens (including phenoxy) is 1. The van der Waals surface area contributed by atoms with Gasteiger partial charge in [0, 0.05) is 0 Å². The van der Waals surface area contributed by atoms with Crippen LogP contribution in [0.1, 0.15) is 33.1 Å². The van der Waals surface area contributed by atoms with E-state index in [-0.39, 0.29) is 12.7 Å². The summed E-state index contributed by atoms with van der Waals surface area (Å²) in [5.41, 5.74) is 0. The Hall–Kier alpha value is -0.130. The Morgan fingerprint density at radius 2 is 2.00 bits per heavy atom. The van der Waals surface area contributed by atoms with Crippen molar-refractivity contribution in [1.82, 2.24) is 0 Å². The Bertz CT molecular complexity index is 267. The highest BCUT2D eigenvalue weighted by Crippen LogP contribution is 2.38. The van der Waals surface area contributed by atoms with Gasteiger partial charge in [-0.25, -0.2) is 13.6 Å². The predicted octanol–water partition coefficient (Wildman–Crippen LogP) is 0.623. The van der Waals surface area contributed by atoms with Crippen molar-refractivity contribution in [2.45, 2.75) is 44.0 Å². The summed E-state index contributed by atoms with van der Waals surface area (Å²) in [5, 5.41) is 5.15. The normalized spacial score (nSPS) is 21.5. The van der Waals surface area contributed by atoms with Gasteiger partial charge in [0.15, 0.2) is 0 Å². The van der Waals surface area contributed by atoms with E-state index >= 15 is 0 Å². The number of primary sulfonamides is 1. The fourth-order valence-corrected chi connectivity index (χ4v) is 2.49. The third kappa shape index (κ3) is 2.21. The van der Waals surface area contributed by atoms with Crippen molar-refractivity contribution in [3.05, 3.63) is 0 Å². The zero-order valence-electron chi connectivity index (χ0n) is 8.12. The van der Waals surface area contributed by atoms with Gasteiger partial charge < -0.3 is 4.74 Å². The highest BCUT2D eigenvalue weighted by molar-refractivity contribution is 7.90. The molecule has 13 heavy (non-hydrogen) atoms. The van der Waals surface area contributed by atoms with Gasteiger partial charge in [0.05, 0.1) is 12.7 Å². The number of nitrogens with two attached hydrogens (primary N) is 1. The van der Waals surface area contributed by atoms with E-state index in [1.54, 1.807) is 0 Å². The highest BCUT2D eigenvalue weighted by Gasteiger charge is 2.47. The first-order valence-corrected chi connectivity index (χ1v) is 6.06. The summed E-state index contributed by atoms with van der Waals surface area (Å²) in [4.78, 5) is 0. The Labute approximate surface area is 79.5 Å². The number of rotatable bonds is 4. The monoisotopic (exact) mass is 207 g/mol. The van der Waals surface area contributed by atoms with Crippen molar-refractivity contribution >= 4 is 10.0 Å². The first kappa shape index (κ1) is 10.9. The predicted molar refractivity (Wildman–Crippen MR) is 50.8 cm³/mol. The third-order valence-electron chi connectivity index (χ3n) is 2.55. The maximum Gasteiger partial charge on any atom is 0.217 e. The Morgan fingerprint density at radius 3 is 2.23 bits per heavy atom. The molecule has 0 radical (unpaired) electrons. The molecule has 0 aromatic carbocycles. The molecular weight excluding hydrogens is 190 g/mol. The standard InChI is InChI=1S/C8H17NO3S/c1-7(2)12-6-8(4-3-5-8)13(9,10)11/h7H,3-6H2,1-2H3,(H2,9,10,11). The lowest BCUT2D eigenvalue weighted by Gasteiger charge is -2.39. The lowest BCUT2D eigenvalue weighted by atomic mass is 9.85. The Kier molecular flexibility index (Phi) is 2.99. The second-order valence-electron chi connectivity index (χ2n) is 3.94. The molecule has 5 heteroatoms. The van der Waals surface area contributed by atoms with Crippen molar-refractivity contribution < 1.29 is 13.2 Å². The van der Waals surface area contributed by atoms with Gasteiger partial charge in [-0.15, -0.1) is 0 Å².